The molecule has 86 valence electrons. The zero-order valence-corrected chi connectivity index (χ0v) is 10.7. The minimum Gasteiger partial charge on any atom is -0.325 e. The third-order valence-electron chi connectivity index (χ3n) is 2.88. The van der Waals surface area contributed by atoms with Crippen molar-refractivity contribution in [3.05, 3.63) is 16.4 Å². The van der Waals surface area contributed by atoms with Gasteiger partial charge in [0, 0.05) is 19.0 Å². The smallest absolute Gasteiger partial charge is 0.0850 e. The molecule has 4 heteroatoms. The van der Waals surface area contributed by atoms with Crippen molar-refractivity contribution in [2.24, 2.45) is 12.8 Å². The van der Waals surface area contributed by atoms with E-state index >= 15 is 0 Å². The summed E-state index contributed by atoms with van der Waals surface area (Å²) in [5, 5.41) is 5.16. The largest absolute Gasteiger partial charge is 0.325 e. The van der Waals surface area contributed by atoms with Crippen LogP contribution in [0, 0.1) is 0 Å². The number of nitrogens with zero attached hydrogens (tertiary/aromatic N) is 2. The zero-order chi connectivity index (χ0) is 11.6. The van der Waals surface area contributed by atoms with Crippen molar-refractivity contribution >= 4 is 11.6 Å². The molecule has 0 aromatic carbocycles. The van der Waals surface area contributed by atoms with Gasteiger partial charge in [-0.1, -0.05) is 25.4 Å². The molecule has 1 heterocycles. The molecular formula is C11H20ClN3. The van der Waals surface area contributed by atoms with Gasteiger partial charge in [0.2, 0.25) is 0 Å². The first-order chi connectivity index (χ1) is 6.91. The first-order valence-electron chi connectivity index (χ1n) is 5.40. The molecule has 1 aromatic heterocycles. The average molecular weight is 230 g/mol. The van der Waals surface area contributed by atoms with E-state index in [0.29, 0.717) is 0 Å². The molecule has 0 saturated carbocycles. The van der Waals surface area contributed by atoms with Gasteiger partial charge in [-0.05, 0) is 19.8 Å². The molecule has 0 fully saturated rings. The fraction of sp³-hybridized carbons (Fsp3) is 0.727. The summed E-state index contributed by atoms with van der Waals surface area (Å²) in [7, 11) is 1.92. The Balaban J connectivity index is 2.99. The van der Waals surface area contributed by atoms with E-state index in [9.17, 15) is 0 Å². The summed E-state index contributed by atoms with van der Waals surface area (Å²) in [5.41, 5.74) is 7.93. The number of hydrogen-bond acceptors (Lipinski definition) is 2. The van der Waals surface area contributed by atoms with Crippen LogP contribution in [-0.2, 0) is 19.9 Å². The summed E-state index contributed by atoms with van der Waals surface area (Å²) < 4.78 is 1.85. The highest BCUT2D eigenvalue weighted by molar-refractivity contribution is 6.31. The van der Waals surface area contributed by atoms with E-state index in [4.69, 9.17) is 17.3 Å². The second-order valence-corrected chi connectivity index (χ2v) is 4.75. The Morgan fingerprint density at radius 2 is 2.07 bits per heavy atom. The molecule has 0 saturated heterocycles. The highest BCUT2D eigenvalue weighted by atomic mass is 35.5. The van der Waals surface area contributed by atoms with E-state index in [1.165, 1.54) is 0 Å². The Kier molecular flexibility index (Phi) is 3.79. The third kappa shape index (κ3) is 2.73. The van der Waals surface area contributed by atoms with Crippen molar-refractivity contribution in [1.82, 2.24) is 9.78 Å². The molecule has 0 spiro atoms. The maximum atomic E-state index is 6.25. The van der Waals surface area contributed by atoms with Gasteiger partial charge in [0.25, 0.3) is 0 Å². The number of aromatic nitrogens is 2. The van der Waals surface area contributed by atoms with E-state index in [-0.39, 0.29) is 5.54 Å². The second kappa shape index (κ2) is 4.54. The van der Waals surface area contributed by atoms with Crippen LogP contribution < -0.4 is 5.73 Å². The summed E-state index contributed by atoms with van der Waals surface area (Å²) in [6.07, 6.45) is 2.56. The van der Waals surface area contributed by atoms with Crippen LogP contribution >= 0.6 is 11.6 Å². The van der Waals surface area contributed by atoms with E-state index in [1.807, 2.05) is 18.7 Å². The molecule has 0 aliphatic carbocycles. The van der Waals surface area contributed by atoms with Crippen LogP contribution in [0.5, 0.6) is 0 Å². The molecule has 0 aliphatic rings. The fourth-order valence-electron chi connectivity index (χ4n) is 1.52. The highest BCUT2D eigenvalue weighted by Crippen LogP contribution is 2.24. The molecule has 0 aliphatic heterocycles. The normalized spacial score (nSPS) is 15.3. The van der Waals surface area contributed by atoms with Crippen LogP contribution in [-0.4, -0.2) is 15.3 Å². The average Bonchev–Trinajstić information content (AvgIpc) is 2.45. The van der Waals surface area contributed by atoms with Crippen LogP contribution in [0.15, 0.2) is 0 Å². The summed E-state index contributed by atoms with van der Waals surface area (Å²) in [6, 6.07) is 0. The van der Waals surface area contributed by atoms with Crippen molar-refractivity contribution in [3.8, 4) is 0 Å². The molecule has 15 heavy (non-hydrogen) atoms. The zero-order valence-electron chi connectivity index (χ0n) is 9.97. The van der Waals surface area contributed by atoms with E-state index in [2.05, 4.69) is 18.9 Å². The van der Waals surface area contributed by atoms with Gasteiger partial charge in [-0.3, -0.25) is 4.68 Å². The van der Waals surface area contributed by atoms with Crippen molar-refractivity contribution in [2.45, 2.75) is 45.6 Å². The lowest BCUT2D eigenvalue weighted by atomic mass is 9.94. The molecule has 1 rings (SSSR count). The second-order valence-electron chi connectivity index (χ2n) is 4.37. The van der Waals surface area contributed by atoms with Crippen LogP contribution in [0.4, 0.5) is 0 Å². The SMILES string of the molecule is CCc1nn(C)c(CC(C)(N)CC)c1Cl. The van der Waals surface area contributed by atoms with Crippen LogP contribution in [0.3, 0.4) is 0 Å². The van der Waals surface area contributed by atoms with Crippen LogP contribution in [0.1, 0.15) is 38.6 Å². The molecular weight excluding hydrogens is 210 g/mol. The highest BCUT2D eigenvalue weighted by Gasteiger charge is 2.22. The monoisotopic (exact) mass is 229 g/mol. The maximum Gasteiger partial charge on any atom is 0.0850 e. The van der Waals surface area contributed by atoms with E-state index in [0.717, 1.165) is 35.7 Å². The topological polar surface area (TPSA) is 43.8 Å². The van der Waals surface area contributed by atoms with E-state index in [1.54, 1.807) is 0 Å². The molecule has 3 nitrogen and oxygen atoms in total. The summed E-state index contributed by atoms with van der Waals surface area (Å²) >= 11 is 6.25. The van der Waals surface area contributed by atoms with Crippen molar-refractivity contribution in [1.29, 1.82) is 0 Å². The standard InChI is InChI=1S/C11H20ClN3/c1-5-8-10(12)9(15(4)14-8)7-11(3,13)6-2/h5-7,13H2,1-4H3. The van der Waals surface area contributed by atoms with Gasteiger partial charge < -0.3 is 5.73 Å². The van der Waals surface area contributed by atoms with E-state index < -0.39 is 0 Å². The lowest BCUT2D eigenvalue weighted by Gasteiger charge is -2.22. The van der Waals surface area contributed by atoms with Crippen LogP contribution in [0.25, 0.3) is 0 Å². The molecule has 2 N–H and O–H groups in total. The lowest BCUT2D eigenvalue weighted by Crippen LogP contribution is -2.38. The van der Waals surface area contributed by atoms with Gasteiger partial charge in [-0.15, -0.1) is 0 Å². The molecule has 1 unspecified atom stereocenters. The van der Waals surface area contributed by atoms with Gasteiger partial charge >= 0.3 is 0 Å². The minimum absolute atomic E-state index is 0.206. The lowest BCUT2D eigenvalue weighted by molar-refractivity contribution is 0.436. The molecule has 1 atom stereocenters. The predicted molar refractivity (Wildman–Crippen MR) is 64.2 cm³/mol. The fourth-order valence-corrected chi connectivity index (χ4v) is 1.88. The van der Waals surface area contributed by atoms with Crippen molar-refractivity contribution < 1.29 is 0 Å². The van der Waals surface area contributed by atoms with Gasteiger partial charge in [0.15, 0.2) is 0 Å². The molecule has 0 radical (unpaired) electrons. The van der Waals surface area contributed by atoms with Crippen molar-refractivity contribution in [2.75, 3.05) is 0 Å². The van der Waals surface area contributed by atoms with Crippen molar-refractivity contribution in [3.63, 3.8) is 0 Å². The van der Waals surface area contributed by atoms with Crippen LogP contribution in [0.2, 0.25) is 5.02 Å². The minimum atomic E-state index is -0.206. The Labute approximate surface area is 96.6 Å². The van der Waals surface area contributed by atoms with Gasteiger partial charge in [-0.2, -0.15) is 5.10 Å². The number of hydrogen-bond donors (Lipinski definition) is 1. The first kappa shape index (κ1) is 12.5. The molecule has 1 aromatic rings. The molecule has 0 amide bonds. The number of rotatable bonds is 4. The predicted octanol–water partition coefficient (Wildman–Crippen LogP) is 2.31. The molecule has 0 bridgehead atoms. The Morgan fingerprint density at radius 3 is 2.47 bits per heavy atom. The summed E-state index contributed by atoms with van der Waals surface area (Å²) in [4.78, 5) is 0. The Bertz CT molecular complexity index is 342. The Hall–Kier alpha value is -0.540. The quantitative estimate of drug-likeness (QED) is 0.861. The summed E-state index contributed by atoms with van der Waals surface area (Å²) in [6.45, 7) is 6.19. The maximum absolute atomic E-state index is 6.25. The Morgan fingerprint density at radius 1 is 1.47 bits per heavy atom. The summed E-state index contributed by atoms with van der Waals surface area (Å²) in [5.74, 6) is 0. The number of aryl methyl sites for hydroxylation is 2. The van der Waals surface area contributed by atoms with Gasteiger partial charge in [0.05, 0.1) is 16.4 Å². The number of halogens is 1. The number of nitrogens with two attached hydrogens (primary N) is 1. The first-order valence-corrected chi connectivity index (χ1v) is 5.78. The van der Waals surface area contributed by atoms with Gasteiger partial charge in [0.1, 0.15) is 0 Å². The third-order valence-corrected chi connectivity index (χ3v) is 3.32. The van der Waals surface area contributed by atoms with Gasteiger partial charge in [-0.25, -0.2) is 0 Å².